The number of carbonyl (C=O) groups is 2. The van der Waals surface area contributed by atoms with E-state index in [1.807, 2.05) is 6.07 Å². The van der Waals surface area contributed by atoms with Crippen molar-refractivity contribution in [2.24, 2.45) is 0 Å². The molecule has 2 amide bonds. The summed E-state index contributed by atoms with van der Waals surface area (Å²) in [5.41, 5.74) is 0.914. The molecule has 3 rings (SSSR count). The van der Waals surface area contributed by atoms with Crippen molar-refractivity contribution in [3.05, 3.63) is 53.1 Å². The monoisotopic (exact) mass is 413 g/mol. The number of carbonyl (C=O) groups excluding carboxylic acids is 2. The van der Waals surface area contributed by atoms with E-state index < -0.39 is 6.04 Å². The van der Waals surface area contributed by atoms with Crippen LogP contribution < -0.4 is 14.8 Å². The minimum atomic E-state index is -0.583. The van der Waals surface area contributed by atoms with E-state index in [-0.39, 0.29) is 18.4 Å². The van der Waals surface area contributed by atoms with Crippen molar-refractivity contribution in [1.29, 1.82) is 5.26 Å². The largest absolute Gasteiger partial charge is 0.496 e. The Labute approximate surface area is 173 Å². The molecule has 1 fully saturated rings. The smallest absolute Gasteiger partial charge is 0.258 e. The number of methoxy groups -OCH3 is 1. The first-order valence-corrected chi connectivity index (χ1v) is 9.46. The summed E-state index contributed by atoms with van der Waals surface area (Å²) in [6.07, 6.45) is 1.30. The molecule has 1 unspecified atom stereocenters. The Morgan fingerprint density at radius 3 is 2.72 bits per heavy atom. The number of benzene rings is 2. The van der Waals surface area contributed by atoms with E-state index in [0.717, 1.165) is 6.42 Å². The number of halogens is 1. The zero-order valence-corrected chi connectivity index (χ0v) is 16.6. The minimum Gasteiger partial charge on any atom is -0.496 e. The number of rotatable bonds is 6. The van der Waals surface area contributed by atoms with Gasteiger partial charge >= 0.3 is 0 Å². The highest BCUT2D eigenvalue weighted by Gasteiger charge is 2.35. The lowest BCUT2D eigenvalue weighted by Gasteiger charge is -2.25. The minimum absolute atomic E-state index is 0.0438. The molecule has 1 aliphatic heterocycles. The zero-order valence-electron chi connectivity index (χ0n) is 15.9. The molecule has 150 valence electrons. The first-order chi connectivity index (χ1) is 14.0. The van der Waals surface area contributed by atoms with Crippen LogP contribution in [0.15, 0.2) is 42.5 Å². The molecule has 2 aromatic rings. The summed E-state index contributed by atoms with van der Waals surface area (Å²) < 4.78 is 10.5. The van der Waals surface area contributed by atoms with Gasteiger partial charge in [0.15, 0.2) is 6.61 Å². The first-order valence-electron chi connectivity index (χ1n) is 9.08. The lowest BCUT2D eigenvalue weighted by Crippen LogP contribution is -2.43. The molecule has 1 atom stereocenters. The summed E-state index contributed by atoms with van der Waals surface area (Å²) in [5, 5.41) is 11.8. The molecule has 29 heavy (non-hydrogen) atoms. The molecule has 8 heteroatoms. The van der Waals surface area contributed by atoms with Crippen LogP contribution in [0.25, 0.3) is 0 Å². The van der Waals surface area contributed by atoms with Crippen LogP contribution in [-0.2, 0) is 4.79 Å². The molecule has 1 aliphatic rings. The third kappa shape index (κ3) is 4.79. The van der Waals surface area contributed by atoms with Crippen molar-refractivity contribution in [2.75, 3.05) is 25.6 Å². The number of anilines is 1. The van der Waals surface area contributed by atoms with Gasteiger partial charge in [0, 0.05) is 17.3 Å². The maximum absolute atomic E-state index is 13.1. The van der Waals surface area contributed by atoms with Crippen LogP contribution in [0, 0.1) is 11.3 Å². The molecule has 0 saturated carbocycles. The molecular formula is C21H20ClN3O4. The fraction of sp³-hybridized carbons (Fsp3) is 0.286. The maximum atomic E-state index is 13.1. The van der Waals surface area contributed by atoms with Gasteiger partial charge < -0.3 is 19.7 Å². The molecular weight excluding hydrogens is 394 g/mol. The van der Waals surface area contributed by atoms with Crippen LogP contribution in [0.4, 0.5) is 5.69 Å². The number of ether oxygens (including phenoxy) is 2. The van der Waals surface area contributed by atoms with Crippen molar-refractivity contribution < 1.29 is 19.1 Å². The van der Waals surface area contributed by atoms with Crippen LogP contribution in [-0.4, -0.2) is 43.0 Å². The number of nitrogens with zero attached hydrogens (tertiary/aromatic N) is 2. The number of hydrogen-bond donors (Lipinski definition) is 1. The molecule has 2 aromatic carbocycles. The average Bonchev–Trinajstić information content (AvgIpc) is 3.22. The van der Waals surface area contributed by atoms with Gasteiger partial charge in [-0.3, -0.25) is 9.59 Å². The second-order valence-electron chi connectivity index (χ2n) is 6.46. The molecule has 1 N–H and O–H groups in total. The van der Waals surface area contributed by atoms with Gasteiger partial charge in [-0.2, -0.15) is 5.26 Å². The Bertz CT molecular complexity index is 940. The van der Waals surface area contributed by atoms with Crippen LogP contribution >= 0.6 is 11.6 Å². The summed E-state index contributed by atoms with van der Waals surface area (Å²) in [4.78, 5) is 27.4. The topological polar surface area (TPSA) is 91.7 Å². The van der Waals surface area contributed by atoms with E-state index in [1.54, 1.807) is 47.4 Å². The molecule has 7 nitrogen and oxygen atoms in total. The molecule has 0 aromatic heterocycles. The summed E-state index contributed by atoms with van der Waals surface area (Å²) in [6, 6.07) is 12.9. The Morgan fingerprint density at radius 2 is 2.03 bits per heavy atom. The fourth-order valence-electron chi connectivity index (χ4n) is 3.26. The van der Waals surface area contributed by atoms with Gasteiger partial charge in [0.25, 0.3) is 5.91 Å². The Hall–Kier alpha value is -3.24. The van der Waals surface area contributed by atoms with E-state index in [4.69, 9.17) is 26.3 Å². The number of nitrogens with one attached hydrogen (secondary N) is 1. The summed E-state index contributed by atoms with van der Waals surface area (Å²) in [5.74, 6) is 0.401. The van der Waals surface area contributed by atoms with Crippen molar-refractivity contribution in [1.82, 2.24) is 4.90 Å². The summed E-state index contributed by atoms with van der Waals surface area (Å²) >= 11 is 6.04. The predicted molar refractivity (Wildman–Crippen MR) is 108 cm³/mol. The van der Waals surface area contributed by atoms with Crippen LogP contribution in [0.2, 0.25) is 5.02 Å². The first kappa shape index (κ1) is 20.5. The lowest BCUT2D eigenvalue weighted by atomic mass is 10.1. The molecule has 1 saturated heterocycles. The SMILES string of the molecule is COc1ccc(Cl)cc1C(=O)N1CCCC1C(=O)Nc1ccc(OCC#N)cc1. The van der Waals surface area contributed by atoms with Gasteiger partial charge in [-0.1, -0.05) is 11.6 Å². The van der Waals surface area contributed by atoms with E-state index in [2.05, 4.69) is 5.32 Å². The van der Waals surface area contributed by atoms with Crippen molar-refractivity contribution in [3.8, 4) is 17.6 Å². The summed E-state index contributed by atoms with van der Waals surface area (Å²) in [7, 11) is 1.48. The van der Waals surface area contributed by atoms with Gasteiger partial charge in [-0.15, -0.1) is 0 Å². The lowest BCUT2D eigenvalue weighted by molar-refractivity contribution is -0.119. The molecule has 0 spiro atoms. The van der Waals surface area contributed by atoms with Gasteiger partial charge in [-0.25, -0.2) is 0 Å². The Balaban J connectivity index is 1.72. The second kappa shape index (κ2) is 9.30. The normalized spacial score (nSPS) is 15.5. The Morgan fingerprint density at radius 1 is 1.28 bits per heavy atom. The zero-order chi connectivity index (χ0) is 20.8. The molecule has 1 heterocycles. The fourth-order valence-corrected chi connectivity index (χ4v) is 3.43. The standard InChI is InChI=1S/C21H20ClN3O4/c1-28-19-9-4-14(22)13-17(19)21(27)25-11-2-3-18(25)20(26)24-15-5-7-16(8-6-15)29-12-10-23/h4-9,13,18H,2-3,11-12H2,1H3,(H,24,26). The number of amides is 2. The highest BCUT2D eigenvalue weighted by Crippen LogP contribution is 2.28. The van der Waals surface area contributed by atoms with Crippen LogP contribution in [0.1, 0.15) is 23.2 Å². The quantitative estimate of drug-likeness (QED) is 0.782. The number of nitriles is 1. The molecule has 0 bridgehead atoms. The highest BCUT2D eigenvalue weighted by molar-refractivity contribution is 6.31. The van der Waals surface area contributed by atoms with Gasteiger partial charge in [0.05, 0.1) is 12.7 Å². The highest BCUT2D eigenvalue weighted by atomic mass is 35.5. The number of likely N-dealkylation sites (tertiary alicyclic amines) is 1. The van der Waals surface area contributed by atoms with E-state index in [1.165, 1.54) is 7.11 Å². The average molecular weight is 414 g/mol. The van der Waals surface area contributed by atoms with Crippen LogP contribution in [0.3, 0.4) is 0 Å². The van der Waals surface area contributed by atoms with Gasteiger partial charge in [-0.05, 0) is 55.3 Å². The van der Waals surface area contributed by atoms with E-state index in [0.29, 0.717) is 40.7 Å². The second-order valence-corrected chi connectivity index (χ2v) is 6.90. The molecule has 0 aliphatic carbocycles. The van der Waals surface area contributed by atoms with Crippen molar-refractivity contribution in [2.45, 2.75) is 18.9 Å². The third-order valence-corrected chi connectivity index (χ3v) is 4.87. The summed E-state index contributed by atoms with van der Waals surface area (Å²) in [6.45, 7) is 0.436. The molecule has 0 radical (unpaired) electrons. The van der Waals surface area contributed by atoms with Gasteiger partial charge in [0.2, 0.25) is 5.91 Å². The maximum Gasteiger partial charge on any atom is 0.258 e. The van der Waals surface area contributed by atoms with E-state index >= 15 is 0 Å². The van der Waals surface area contributed by atoms with Gasteiger partial charge in [0.1, 0.15) is 23.6 Å². The van der Waals surface area contributed by atoms with Crippen molar-refractivity contribution in [3.63, 3.8) is 0 Å². The predicted octanol–water partition coefficient (Wildman–Crippen LogP) is 3.49. The number of hydrogen-bond acceptors (Lipinski definition) is 5. The van der Waals surface area contributed by atoms with Crippen molar-refractivity contribution >= 4 is 29.1 Å². The van der Waals surface area contributed by atoms with E-state index in [9.17, 15) is 9.59 Å². The Kier molecular flexibility index (Phi) is 6.57. The van der Waals surface area contributed by atoms with Crippen LogP contribution in [0.5, 0.6) is 11.5 Å². The third-order valence-electron chi connectivity index (χ3n) is 4.63.